The number of carboxylic acid groups (broad SMARTS) is 1. The molecule has 1 N–H and O–H groups in total. The third-order valence-electron chi connectivity index (χ3n) is 5.19. The van der Waals surface area contributed by atoms with Crippen molar-refractivity contribution in [1.82, 2.24) is 0 Å². The van der Waals surface area contributed by atoms with Gasteiger partial charge in [0.2, 0.25) is 0 Å². The number of esters is 1. The van der Waals surface area contributed by atoms with Crippen molar-refractivity contribution in [3.63, 3.8) is 0 Å². The average Bonchev–Trinajstić information content (AvgIpc) is 2.60. The van der Waals surface area contributed by atoms with Crippen LogP contribution in [0.1, 0.15) is 73.1 Å². The Morgan fingerprint density at radius 2 is 1.86 bits per heavy atom. The largest absolute Gasteiger partial charge is 0.481 e. The highest BCUT2D eigenvalue weighted by Gasteiger charge is 2.26. The molecule has 1 rings (SSSR count). The van der Waals surface area contributed by atoms with Crippen LogP contribution in [0.5, 0.6) is 0 Å². The normalized spacial score (nSPS) is 18.0. The summed E-state index contributed by atoms with van der Waals surface area (Å²) >= 11 is 0. The van der Waals surface area contributed by atoms with Gasteiger partial charge in [0.1, 0.15) is 6.61 Å². The molecule has 0 aromatic rings. The number of carboxylic acids is 1. The molecule has 29 heavy (non-hydrogen) atoms. The highest BCUT2D eigenvalue weighted by Crippen LogP contribution is 2.40. The van der Waals surface area contributed by atoms with Crippen molar-refractivity contribution in [2.45, 2.75) is 73.1 Å². The molecule has 0 aliphatic heterocycles. The first-order valence-corrected chi connectivity index (χ1v) is 10.4. The lowest BCUT2D eigenvalue weighted by Gasteiger charge is -2.32. The van der Waals surface area contributed by atoms with E-state index < -0.39 is 5.97 Å². The first-order chi connectivity index (χ1) is 13.6. The van der Waals surface area contributed by atoms with Crippen molar-refractivity contribution in [3.8, 4) is 0 Å². The zero-order valence-electron chi connectivity index (χ0n) is 18.6. The maximum atomic E-state index is 11.5. The summed E-state index contributed by atoms with van der Waals surface area (Å²) in [6, 6.07) is 0. The van der Waals surface area contributed by atoms with Crippen LogP contribution in [-0.4, -0.2) is 23.7 Å². The topological polar surface area (TPSA) is 63.6 Å². The third-order valence-corrected chi connectivity index (χ3v) is 5.19. The Bertz CT molecular complexity index is 730. The summed E-state index contributed by atoms with van der Waals surface area (Å²) in [7, 11) is 0. The van der Waals surface area contributed by atoms with Gasteiger partial charge in [-0.15, -0.1) is 0 Å². The number of ether oxygens (including phenoxy) is 1. The maximum absolute atomic E-state index is 11.5. The predicted octanol–water partition coefficient (Wildman–Crippen LogP) is 6.32. The number of aliphatic carboxylic acids is 1. The molecule has 4 nitrogen and oxygen atoms in total. The van der Waals surface area contributed by atoms with Crippen LogP contribution in [0.4, 0.5) is 0 Å². The van der Waals surface area contributed by atoms with Gasteiger partial charge in [0.05, 0.1) is 0 Å². The molecule has 0 heterocycles. The lowest BCUT2D eigenvalue weighted by Crippen LogP contribution is -2.19. The van der Waals surface area contributed by atoms with Crippen LogP contribution < -0.4 is 0 Å². The Labute approximate surface area is 175 Å². The number of allylic oxidation sites excluding steroid dienone is 9. The van der Waals surface area contributed by atoms with E-state index >= 15 is 0 Å². The first-order valence-electron chi connectivity index (χ1n) is 10.4. The number of hydrogen-bond acceptors (Lipinski definition) is 3. The molecule has 0 aromatic carbocycles. The van der Waals surface area contributed by atoms with Crippen molar-refractivity contribution in [1.29, 1.82) is 0 Å². The summed E-state index contributed by atoms with van der Waals surface area (Å²) in [6.07, 6.45) is 16.4. The average molecular weight is 401 g/mol. The Balaban J connectivity index is 2.49. The standard InChI is InChI=1S/C25H36O4/c1-19(14-15-22-21(3)11-8-17-25(22,4)5)9-6-10-20(2)16-18-29-24(28)13-7-12-23(26)27/h6,9-10,14-16H,7-8,11-13,17-18H2,1-5H3,(H,26,27). The fraction of sp³-hybridized carbons (Fsp3) is 0.520. The monoisotopic (exact) mass is 400 g/mol. The van der Waals surface area contributed by atoms with Crippen molar-refractivity contribution in [2.24, 2.45) is 5.41 Å². The van der Waals surface area contributed by atoms with E-state index in [1.54, 1.807) is 0 Å². The minimum Gasteiger partial charge on any atom is -0.481 e. The number of carbonyl (C=O) groups is 2. The molecule has 0 saturated carbocycles. The second-order valence-corrected chi connectivity index (χ2v) is 8.41. The van der Waals surface area contributed by atoms with Crippen molar-refractivity contribution >= 4 is 11.9 Å². The van der Waals surface area contributed by atoms with Gasteiger partial charge in [0.15, 0.2) is 0 Å². The molecule has 0 amide bonds. The van der Waals surface area contributed by atoms with Crippen molar-refractivity contribution < 1.29 is 19.4 Å². The van der Waals surface area contributed by atoms with E-state index in [1.807, 2.05) is 25.2 Å². The predicted molar refractivity (Wildman–Crippen MR) is 119 cm³/mol. The van der Waals surface area contributed by atoms with Crippen LogP contribution >= 0.6 is 0 Å². The smallest absolute Gasteiger partial charge is 0.306 e. The highest BCUT2D eigenvalue weighted by molar-refractivity contribution is 5.71. The van der Waals surface area contributed by atoms with Gasteiger partial charge >= 0.3 is 11.9 Å². The molecule has 1 aliphatic rings. The zero-order chi connectivity index (χ0) is 21.9. The molecule has 160 valence electrons. The summed E-state index contributed by atoms with van der Waals surface area (Å²) in [5.74, 6) is -1.26. The molecule has 0 spiro atoms. The van der Waals surface area contributed by atoms with Gasteiger partial charge in [-0.3, -0.25) is 9.59 Å². The molecule has 0 fully saturated rings. The SMILES string of the molecule is CC(C=CC1=C(C)CCCC1(C)C)=CC=CC(C)=CCOC(=O)CCCC(=O)O. The third kappa shape index (κ3) is 10.1. The van der Waals surface area contributed by atoms with E-state index in [2.05, 4.69) is 45.9 Å². The molecule has 0 unspecified atom stereocenters. The number of rotatable bonds is 10. The summed E-state index contributed by atoms with van der Waals surface area (Å²) in [6.45, 7) is 11.1. The second kappa shape index (κ2) is 12.3. The Morgan fingerprint density at radius 1 is 1.14 bits per heavy atom. The van der Waals surface area contributed by atoms with Gasteiger partial charge in [-0.1, -0.05) is 60.9 Å². The molecule has 1 aliphatic carbocycles. The van der Waals surface area contributed by atoms with Crippen LogP contribution in [0, 0.1) is 5.41 Å². The summed E-state index contributed by atoms with van der Waals surface area (Å²) in [5, 5.41) is 8.55. The maximum Gasteiger partial charge on any atom is 0.306 e. The molecule has 0 radical (unpaired) electrons. The Hall–Kier alpha value is -2.36. The van der Waals surface area contributed by atoms with Crippen LogP contribution in [0.25, 0.3) is 0 Å². The Kier molecular flexibility index (Phi) is 10.4. The fourth-order valence-electron chi connectivity index (χ4n) is 3.42. The van der Waals surface area contributed by atoms with Crippen molar-refractivity contribution in [2.75, 3.05) is 6.61 Å². The van der Waals surface area contributed by atoms with Gasteiger partial charge in [0, 0.05) is 12.8 Å². The quantitative estimate of drug-likeness (QED) is 0.344. The summed E-state index contributed by atoms with van der Waals surface area (Å²) in [5.41, 5.74) is 5.39. The van der Waals surface area contributed by atoms with E-state index in [0.717, 1.165) is 5.57 Å². The van der Waals surface area contributed by atoms with Crippen molar-refractivity contribution in [3.05, 3.63) is 58.7 Å². The van der Waals surface area contributed by atoms with Gasteiger partial charge < -0.3 is 9.84 Å². The van der Waals surface area contributed by atoms with Crippen LogP contribution in [-0.2, 0) is 14.3 Å². The van der Waals surface area contributed by atoms with Gasteiger partial charge in [-0.05, 0) is 63.5 Å². The fourth-order valence-corrected chi connectivity index (χ4v) is 3.42. The van der Waals surface area contributed by atoms with Gasteiger partial charge in [-0.25, -0.2) is 0 Å². The highest BCUT2D eigenvalue weighted by atomic mass is 16.5. The van der Waals surface area contributed by atoms with Crippen LogP contribution in [0.3, 0.4) is 0 Å². The van der Waals surface area contributed by atoms with Crippen LogP contribution in [0.2, 0.25) is 0 Å². The van der Waals surface area contributed by atoms with E-state index in [0.29, 0.717) is 6.42 Å². The zero-order valence-corrected chi connectivity index (χ0v) is 18.6. The van der Waals surface area contributed by atoms with E-state index in [4.69, 9.17) is 9.84 Å². The van der Waals surface area contributed by atoms with Gasteiger partial charge in [0.25, 0.3) is 0 Å². The first kappa shape index (κ1) is 24.7. The minimum absolute atomic E-state index is 0.0127. The summed E-state index contributed by atoms with van der Waals surface area (Å²) < 4.78 is 5.08. The lowest BCUT2D eigenvalue weighted by atomic mass is 9.72. The Morgan fingerprint density at radius 3 is 2.52 bits per heavy atom. The summed E-state index contributed by atoms with van der Waals surface area (Å²) in [4.78, 5) is 21.9. The second-order valence-electron chi connectivity index (χ2n) is 8.41. The number of carbonyl (C=O) groups excluding carboxylic acids is 1. The molecule has 0 atom stereocenters. The molecule has 0 aromatic heterocycles. The molecular formula is C25H36O4. The molecular weight excluding hydrogens is 364 g/mol. The van der Waals surface area contributed by atoms with E-state index in [-0.39, 0.29) is 30.8 Å². The molecule has 0 bridgehead atoms. The van der Waals surface area contributed by atoms with Gasteiger partial charge in [-0.2, -0.15) is 0 Å². The molecule has 4 heteroatoms. The number of hydrogen-bond donors (Lipinski definition) is 1. The van der Waals surface area contributed by atoms with E-state index in [1.165, 1.54) is 36.0 Å². The van der Waals surface area contributed by atoms with E-state index in [9.17, 15) is 9.59 Å². The van der Waals surface area contributed by atoms with Crippen LogP contribution in [0.15, 0.2) is 58.7 Å². The molecule has 0 saturated heterocycles. The minimum atomic E-state index is -0.897. The lowest BCUT2D eigenvalue weighted by molar-refractivity contribution is -0.142.